The van der Waals surface area contributed by atoms with Crippen molar-refractivity contribution in [1.82, 2.24) is 4.90 Å². The highest BCUT2D eigenvalue weighted by Gasteiger charge is 2.52. The molecular weight excluding hydrogens is 288 g/mol. The molecule has 0 radical (unpaired) electrons. The summed E-state index contributed by atoms with van der Waals surface area (Å²) in [6.07, 6.45) is 0.0516. The van der Waals surface area contributed by atoms with Gasteiger partial charge in [-0.2, -0.15) is 0 Å². The van der Waals surface area contributed by atoms with Crippen molar-refractivity contribution in [2.75, 3.05) is 33.4 Å². The fourth-order valence-corrected chi connectivity index (χ4v) is 3.09. The molecule has 0 aromatic rings. The highest BCUT2D eigenvalue weighted by molar-refractivity contribution is 5.97. The van der Waals surface area contributed by atoms with Crippen molar-refractivity contribution in [3.05, 3.63) is 11.5 Å². The second-order valence-corrected chi connectivity index (χ2v) is 5.38. The lowest BCUT2D eigenvalue weighted by Crippen LogP contribution is -2.70. The summed E-state index contributed by atoms with van der Waals surface area (Å²) in [5.74, 6) is -1.29. The fraction of sp³-hybridized carbons (Fsp3) is 0.733. The SMILES string of the molecule is CC[N+](CC)(CC)C1CC(=O)N1/C(C(=O)OC)=C(/O)CCO. The quantitative estimate of drug-likeness (QED) is 0.227. The van der Waals surface area contributed by atoms with Gasteiger partial charge in [0.1, 0.15) is 12.2 Å². The van der Waals surface area contributed by atoms with Gasteiger partial charge in [-0.1, -0.05) is 0 Å². The Balaban J connectivity index is 3.25. The Morgan fingerprint density at radius 1 is 1.32 bits per heavy atom. The second kappa shape index (κ2) is 7.60. The number of β-lactam (4-membered cyclic amide) rings is 1. The molecule has 1 aliphatic rings. The first-order chi connectivity index (χ1) is 10.4. The molecule has 2 N–H and O–H groups in total. The van der Waals surface area contributed by atoms with E-state index in [0.29, 0.717) is 10.9 Å². The van der Waals surface area contributed by atoms with Crippen molar-refractivity contribution in [3.63, 3.8) is 0 Å². The number of likely N-dealkylation sites (tertiary alicyclic amines) is 1. The number of carbonyl (C=O) groups is 2. The van der Waals surface area contributed by atoms with Crippen molar-refractivity contribution in [3.8, 4) is 0 Å². The van der Waals surface area contributed by atoms with Crippen LogP contribution in [0.25, 0.3) is 0 Å². The highest BCUT2D eigenvalue weighted by atomic mass is 16.5. The molecule has 1 fully saturated rings. The summed E-state index contributed by atoms with van der Waals surface area (Å²) in [5.41, 5.74) is -0.143. The predicted molar refractivity (Wildman–Crippen MR) is 80.5 cm³/mol. The van der Waals surface area contributed by atoms with Crippen LogP contribution in [0.1, 0.15) is 33.6 Å². The number of aliphatic hydroxyl groups excluding tert-OH is 2. The normalized spacial score (nSPS) is 19.6. The number of methoxy groups -OCH3 is 1. The zero-order chi connectivity index (χ0) is 16.9. The molecule has 1 amide bonds. The molecule has 1 unspecified atom stereocenters. The first-order valence-electron chi connectivity index (χ1n) is 7.71. The Hall–Kier alpha value is -1.60. The van der Waals surface area contributed by atoms with E-state index in [2.05, 4.69) is 0 Å². The molecule has 1 saturated heterocycles. The number of esters is 1. The topological polar surface area (TPSA) is 87.1 Å². The average molecular weight is 315 g/mol. The molecule has 1 heterocycles. The summed E-state index contributed by atoms with van der Waals surface area (Å²) in [6.45, 7) is 8.27. The van der Waals surface area contributed by atoms with Gasteiger partial charge in [-0.15, -0.1) is 0 Å². The van der Waals surface area contributed by atoms with Crippen molar-refractivity contribution in [2.24, 2.45) is 0 Å². The van der Waals surface area contributed by atoms with Gasteiger partial charge in [0.15, 0.2) is 11.9 Å². The lowest BCUT2D eigenvalue weighted by Gasteiger charge is -2.52. The van der Waals surface area contributed by atoms with Gasteiger partial charge < -0.3 is 19.4 Å². The van der Waals surface area contributed by atoms with Crippen molar-refractivity contribution in [1.29, 1.82) is 0 Å². The summed E-state index contributed by atoms with van der Waals surface area (Å²) in [5, 5.41) is 19.1. The van der Waals surface area contributed by atoms with E-state index >= 15 is 0 Å². The van der Waals surface area contributed by atoms with Gasteiger partial charge in [0.2, 0.25) is 5.91 Å². The molecule has 0 aliphatic carbocycles. The number of aliphatic hydroxyl groups is 2. The number of hydrogen-bond acceptors (Lipinski definition) is 5. The van der Waals surface area contributed by atoms with Gasteiger partial charge in [0, 0.05) is 6.42 Å². The summed E-state index contributed by atoms with van der Waals surface area (Å²) >= 11 is 0. The Bertz CT molecular complexity index is 449. The van der Waals surface area contributed by atoms with Gasteiger partial charge in [0.25, 0.3) is 0 Å². The Morgan fingerprint density at radius 3 is 2.23 bits per heavy atom. The maximum absolute atomic E-state index is 12.1. The van der Waals surface area contributed by atoms with Gasteiger partial charge in [-0.3, -0.25) is 9.69 Å². The van der Waals surface area contributed by atoms with Gasteiger partial charge in [-0.05, 0) is 20.8 Å². The minimum absolute atomic E-state index is 0.0920. The zero-order valence-electron chi connectivity index (χ0n) is 13.8. The van der Waals surface area contributed by atoms with E-state index in [0.717, 1.165) is 19.6 Å². The van der Waals surface area contributed by atoms with Crippen LogP contribution in [0.2, 0.25) is 0 Å². The minimum Gasteiger partial charge on any atom is -0.510 e. The van der Waals surface area contributed by atoms with Crippen LogP contribution in [0, 0.1) is 0 Å². The average Bonchev–Trinajstić information content (AvgIpc) is 2.53. The standard InChI is InChI=1S/C15H26N2O5/c1-5-17(6-2,7-3)12-10-13(20)16(12)14(15(21)22-4)11(19)8-9-18/h12,18H,5-10H2,1-4H3/p+1. The Kier molecular flexibility index (Phi) is 6.37. The maximum atomic E-state index is 12.1. The molecule has 1 rings (SSSR count). The number of ether oxygens (including phenoxy) is 1. The summed E-state index contributed by atoms with van der Waals surface area (Å²) in [4.78, 5) is 25.5. The lowest BCUT2D eigenvalue weighted by molar-refractivity contribution is -0.958. The number of rotatable bonds is 8. The number of quaternary nitrogens is 1. The van der Waals surface area contributed by atoms with Crippen molar-refractivity contribution < 1.29 is 29.0 Å². The molecule has 0 bridgehead atoms. The van der Waals surface area contributed by atoms with Gasteiger partial charge in [0.05, 0.1) is 33.4 Å². The van der Waals surface area contributed by atoms with E-state index in [1.165, 1.54) is 12.0 Å². The van der Waals surface area contributed by atoms with E-state index in [1.807, 2.05) is 20.8 Å². The molecule has 1 atom stereocenters. The molecule has 7 heteroatoms. The maximum Gasteiger partial charge on any atom is 0.358 e. The number of hydrogen-bond donors (Lipinski definition) is 2. The largest absolute Gasteiger partial charge is 0.510 e. The van der Waals surface area contributed by atoms with Gasteiger partial charge in [-0.25, -0.2) is 4.79 Å². The molecule has 0 spiro atoms. The van der Waals surface area contributed by atoms with Crippen LogP contribution >= 0.6 is 0 Å². The molecule has 0 aromatic carbocycles. The monoisotopic (exact) mass is 315 g/mol. The Labute approximate surface area is 131 Å². The smallest absolute Gasteiger partial charge is 0.358 e. The van der Waals surface area contributed by atoms with E-state index in [4.69, 9.17) is 9.84 Å². The van der Waals surface area contributed by atoms with Crippen LogP contribution in [0.5, 0.6) is 0 Å². The minimum atomic E-state index is -0.759. The van der Waals surface area contributed by atoms with E-state index < -0.39 is 5.97 Å². The van der Waals surface area contributed by atoms with Crippen LogP contribution in [0.15, 0.2) is 11.5 Å². The molecule has 126 valence electrons. The van der Waals surface area contributed by atoms with Crippen LogP contribution < -0.4 is 0 Å². The molecule has 1 aliphatic heterocycles. The number of amides is 1. The van der Waals surface area contributed by atoms with Crippen molar-refractivity contribution >= 4 is 11.9 Å². The van der Waals surface area contributed by atoms with Crippen LogP contribution in [-0.2, 0) is 14.3 Å². The van der Waals surface area contributed by atoms with E-state index in [-0.39, 0.29) is 36.6 Å². The number of carbonyl (C=O) groups excluding carboxylic acids is 2. The van der Waals surface area contributed by atoms with Crippen molar-refractivity contribution in [2.45, 2.75) is 39.8 Å². The number of nitrogens with zero attached hydrogens (tertiary/aromatic N) is 2. The molecule has 22 heavy (non-hydrogen) atoms. The van der Waals surface area contributed by atoms with Crippen LogP contribution in [0.4, 0.5) is 0 Å². The Morgan fingerprint density at radius 2 is 1.86 bits per heavy atom. The zero-order valence-corrected chi connectivity index (χ0v) is 13.8. The first-order valence-corrected chi connectivity index (χ1v) is 7.71. The fourth-order valence-electron chi connectivity index (χ4n) is 3.09. The summed E-state index contributed by atoms with van der Waals surface area (Å²) < 4.78 is 5.36. The third-order valence-electron chi connectivity index (χ3n) is 4.69. The van der Waals surface area contributed by atoms with Crippen LogP contribution in [-0.4, -0.2) is 71.0 Å². The molecule has 0 saturated carbocycles. The first kappa shape index (κ1) is 18.4. The van der Waals surface area contributed by atoms with E-state index in [1.54, 1.807) is 0 Å². The highest BCUT2D eigenvalue weighted by Crippen LogP contribution is 2.34. The second-order valence-electron chi connectivity index (χ2n) is 5.38. The van der Waals surface area contributed by atoms with Gasteiger partial charge >= 0.3 is 5.97 Å². The third kappa shape index (κ3) is 3.10. The third-order valence-corrected chi connectivity index (χ3v) is 4.69. The summed E-state index contributed by atoms with van der Waals surface area (Å²) in [6, 6.07) is 0. The lowest BCUT2D eigenvalue weighted by atomic mass is 10.0. The predicted octanol–water partition coefficient (Wildman–Crippen LogP) is 0.746. The van der Waals surface area contributed by atoms with E-state index in [9.17, 15) is 14.7 Å². The molecule has 7 nitrogen and oxygen atoms in total. The molecular formula is C15H27N2O5+. The summed E-state index contributed by atoms with van der Waals surface area (Å²) in [7, 11) is 1.20. The van der Waals surface area contributed by atoms with Crippen LogP contribution in [0.3, 0.4) is 0 Å². The molecule has 0 aromatic heterocycles.